The van der Waals surface area contributed by atoms with Crippen molar-refractivity contribution >= 4 is 22.9 Å². The van der Waals surface area contributed by atoms with Crippen molar-refractivity contribution in [3.05, 3.63) is 29.8 Å². The van der Waals surface area contributed by atoms with Crippen LogP contribution in [0.25, 0.3) is 0 Å². The molecule has 0 amide bonds. The molecule has 1 rings (SSSR count). The van der Waals surface area contributed by atoms with E-state index in [-0.39, 0.29) is 0 Å². The zero-order chi connectivity index (χ0) is 12.1. The maximum atomic E-state index is 5.35. The summed E-state index contributed by atoms with van der Waals surface area (Å²) in [4.78, 5) is 2.91. The van der Waals surface area contributed by atoms with E-state index in [1.165, 1.54) is 5.69 Å². The lowest BCUT2D eigenvalue weighted by Crippen LogP contribution is -2.31. The molecule has 0 aliphatic carbocycles. The van der Waals surface area contributed by atoms with Gasteiger partial charge in [-0.25, -0.2) is 0 Å². The van der Waals surface area contributed by atoms with Gasteiger partial charge < -0.3 is 10.2 Å². The Balaban J connectivity index is 2.70. The minimum atomic E-state index is 0.432. The summed E-state index contributed by atoms with van der Waals surface area (Å²) in [5, 5.41) is 3.31. The minimum Gasteiger partial charge on any atom is -0.378 e. The summed E-state index contributed by atoms with van der Waals surface area (Å²) >= 11 is 5.35. The quantitative estimate of drug-likeness (QED) is 0.809. The molecule has 0 spiro atoms. The molecule has 0 fully saturated rings. The molecule has 3 heteroatoms. The van der Waals surface area contributed by atoms with Crippen LogP contribution in [0.4, 0.5) is 5.69 Å². The molecule has 0 bridgehead atoms. The Morgan fingerprint density at radius 2 is 1.88 bits per heavy atom. The molecule has 0 saturated carbocycles. The normalized spacial score (nSPS) is 12.0. The van der Waals surface area contributed by atoms with Gasteiger partial charge >= 0.3 is 0 Å². The standard InChI is InChI=1S/C13H20N2S/c1-5-10(2)14-13(16)11-6-8-12(9-7-11)15(3)4/h6-10H,5H2,1-4H3,(H,14,16)/t10-/m0/s1. The lowest BCUT2D eigenvalue weighted by molar-refractivity contribution is 0.647. The Hall–Kier alpha value is -1.09. The van der Waals surface area contributed by atoms with Gasteiger partial charge in [0.2, 0.25) is 0 Å². The lowest BCUT2D eigenvalue weighted by Gasteiger charge is -2.16. The zero-order valence-corrected chi connectivity index (χ0v) is 11.3. The third kappa shape index (κ3) is 3.49. The summed E-state index contributed by atoms with van der Waals surface area (Å²) in [7, 11) is 4.06. The topological polar surface area (TPSA) is 15.3 Å². The summed E-state index contributed by atoms with van der Waals surface area (Å²) in [6, 6.07) is 8.72. The van der Waals surface area contributed by atoms with Gasteiger partial charge in [0.25, 0.3) is 0 Å². The van der Waals surface area contributed by atoms with Crippen LogP contribution in [0.5, 0.6) is 0 Å². The molecule has 0 saturated heterocycles. The third-order valence-electron chi connectivity index (χ3n) is 2.64. The summed E-state index contributed by atoms with van der Waals surface area (Å²) < 4.78 is 0. The number of hydrogen-bond donors (Lipinski definition) is 1. The van der Waals surface area contributed by atoms with Crippen LogP contribution in [0.15, 0.2) is 24.3 Å². The van der Waals surface area contributed by atoms with E-state index in [2.05, 4.69) is 48.3 Å². The molecule has 0 radical (unpaired) electrons. The maximum absolute atomic E-state index is 5.35. The monoisotopic (exact) mass is 236 g/mol. The van der Waals surface area contributed by atoms with E-state index in [9.17, 15) is 0 Å². The summed E-state index contributed by atoms with van der Waals surface area (Å²) in [5.41, 5.74) is 2.27. The lowest BCUT2D eigenvalue weighted by atomic mass is 10.1. The second-order valence-electron chi connectivity index (χ2n) is 4.22. The van der Waals surface area contributed by atoms with Crippen LogP contribution in [-0.4, -0.2) is 25.1 Å². The largest absolute Gasteiger partial charge is 0.378 e. The van der Waals surface area contributed by atoms with Gasteiger partial charge in [0, 0.05) is 31.4 Å². The summed E-state index contributed by atoms with van der Waals surface area (Å²) in [6.07, 6.45) is 1.08. The molecule has 2 nitrogen and oxygen atoms in total. The average Bonchev–Trinajstić information content (AvgIpc) is 2.28. The molecule has 16 heavy (non-hydrogen) atoms. The summed E-state index contributed by atoms with van der Waals surface area (Å²) in [5.74, 6) is 0. The highest BCUT2D eigenvalue weighted by molar-refractivity contribution is 7.80. The van der Waals surface area contributed by atoms with Gasteiger partial charge in [-0.2, -0.15) is 0 Å². The highest BCUT2D eigenvalue weighted by Crippen LogP contribution is 2.12. The number of hydrogen-bond acceptors (Lipinski definition) is 2. The highest BCUT2D eigenvalue weighted by atomic mass is 32.1. The van der Waals surface area contributed by atoms with Crippen molar-refractivity contribution in [3.8, 4) is 0 Å². The van der Waals surface area contributed by atoms with Crippen LogP contribution in [-0.2, 0) is 0 Å². The Morgan fingerprint density at radius 3 is 2.31 bits per heavy atom. The van der Waals surface area contributed by atoms with Gasteiger partial charge in [0.15, 0.2) is 0 Å². The fourth-order valence-corrected chi connectivity index (χ4v) is 1.66. The van der Waals surface area contributed by atoms with Gasteiger partial charge in [-0.15, -0.1) is 0 Å². The number of nitrogens with zero attached hydrogens (tertiary/aromatic N) is 1. The van der Waals surface area contributed by atoms with Gasteiger partial charge in [0.05, 0.1) is 0 Å². The van der Waals surface area contributed by atoms with Gasteiger partial charge in [-0.1, -0.05) is 19.1 Å². The van der Waals surface area contributed by atoms with Crippen molar-refractivity contribution in [3.63, 3.8) is 0 Å². The first-order chi connectivity index (χ1) is 7.54. The van der Waals surface area contributed by atoms with Crippen LogP contribution in [0.1, 0.15) is 25.8 Å². The van der Waals surface area contributed by atoms with Gasteiger partial charge in [-0.05, 0) is 37.6 Å². The van der Waals surface area contributed by atoms with Crippen LogP contribution >= 0.6 is 12.2 Å². The van der Waals surface area contributed by atoms with E-state index in [0.717, 1.165) is 17.0 Å². The third-order valence-corrected chi connectivity index (χ3v) is 2.99. The first kappa shape index (κ1) is 13.0. The smallest absolute Gasteiger partial charge is 0.106 e. The van der Waals surface area contributed by atoms with Crippen molar-refractivity contribution < 1.29 is 0 Å². The zero-order valence-electron chi connectivity index (χ0n) is 10.4. The first-order valence-corrected chi connectivity index (χ1v) is 6.03. The number of anilines is 1. The SMILES string of the molecule is CC[C@H](C)NC(=S)c1ccc(N(C)C)cc1. The first-order valence-electron chi connectivity index (χ1n) is 5.62. The van der Waals surface area contributed by atoms with Crippen molar-refractivity contribution in [2.75, 3.05) is 19.0 Å². The Kier molecular flexibility index (Phi) is 4.74. The molecule has 1 N–H and O–H groups in total. The fourth-order valence-electron chi connectivity index (χ4n) is 1.32. The maximum Gasteiger partial charge on any atom is 0.106 e. The van der Waals surface area contributed by atoms with Crippen molar-refractivity contribution in [1.82, 2.24) is 5.32 Å². The molecule has 0 aromatic heterocycles. The molecule has 0 unspecified atom stereocenters. The average molecular weight is 236 g/mol. The van der Waals surface area contributed by atoms with E-state index < -0.39 is 0 Å². The molecular weight excluding hydrogens is 216 g/mol. The van der Waals surface area contributed by atoms with Crippen LogP contribution in [0.3, 0.4) is 0 Å². The van der Waals surface area contributed by atoms with Crippen LogP contribution in [0, 0.1) is 0 Å². The number of thiocarbonyl (C=S) groups is 1. The molecule has 0 aliphatic heterocycles. The van der Waals surface area contributed by atoms with E-state index in [4.69, 9.17) is 12.2 Å². The number of benzene rings is 1. The van der Waals surface area contributed by atoms with Crippen LogP contribution in [0.2, 0.25) is 0 Å². The summed E-state index contributed by atoms with van der Waals surface area (Å²) in [6.45, 7) is 4.29. The highest BCUT2D eigenvalue weighted by Gasteiger charge is 2.04. The molecule has 1 atom stereocenters. The number of nitrogens with one attached hydrogen (secondary N) is 1. The molecule has 0 heterocycles. The predicted octanol–water partition coefficient (Wildman–Crippen LogP) is 2.82. The van der Waals surface area contributed by atoms with Crippen molar-refractivity contribution in [2.24, 2.45) is 0 Å². The van der Waals surface area contributed by atoms with E-state index in [1.807, 2.05) is 14.1 Å². The number of rotatable bonds is 4. The Labute approximate surface area is 104 Å². The molecule has 0 aliphatic rings. The van der Waals surface area contributed by atoms with Crippen molar-refractivity contribution in [1.29, 1.82) is 0 Å². The van der Waals surface area contributed by atoms with E-state index in [0.29, 0.717) is 6.04 Å². The Bertz CT molecular complexity index is 343. The minimum absolute atomic E-state index is 0.432. The molecular formula is C13H20N2S. The van der Waals surface area contributed by atoms with E-state index >= 15 is 0 Å². The molecule has 1 aromatic rings. The van der Waals surface area contributed by atoms with Gasteiger partial charge in [-0.3, -0.25) is 0 Å². The predicted molar refractivity (Wildman–Crippen MR) is 75.4 cm³/mol. The Morgan fingerprint density at radius 1 is 1.31 bits per heavy atom. The molecule has 88 valence electrons. The fraction of sp³-hybridized carbons (Fsp3) is 0.462. The van der Waals surface area contributed by atoms with Gasteiger partial charge in [0.1, 0.15) is 4.99 Å². The second-order valence-corrected chi connectivity index (χ2v) is 4.63. The molecule has 1 aromatic carbocycles. The van der Waals surface area contributed by atoms with E-state index in [1.54, 1.807) is 0 Å². The second kappa shape index (κ2) is 5.85. The van der Waals surface area contributed by atoms with Crippen molar-refractivity contribution in [2.45, 2.75) is 26.3 Å². The van der Waals surface area contributed by atoms with Crippen LogP contribution < -0.4 is 10.2 Å².